The number of rotatable bonds is 7. The topological polar surface area (TPSA) is 55.4 Å². The van der Waals surface area contributed by atoms with Crippen LogP contribution >= 0.6 is 0 Å². The summed E-state index contributed by atoms with van der Waals surface area (Å²) in [5.41, 5.74) is 3.32. The number of unbranched alkanes of at least 4 members (excludes halogenated alkanes) is 1. The van der Waals surface area contributed by atoms with Gasteiger partial charge in [0, 0.05) is 5.69 Å². The number of hydrogen-bond acceptors (Lipinski definition) is 3. The first-order valence-electron chi connectivity index (χ1n) is 8.15. The van der Waals surface area contributed by atoms with E-state index in [4.69, 9.17) is 4.74 Å². The van der Waals surface area contributed by atoms with Gasteiger partial charge in [0.2, 0.25) is 0 Å². The quantitative estimate of drug-likeness (QED) is 0.805. The fourth-order valence-electron chi connectivity index (χ4n) is 2.61. The van der Waals surface area contributed by atoms with Gasteiger partial charge in [0.1, 0.15) is 5.75 Å². The highest BCUT2D eigenvalue weighted by Gasteiger charge is 2.19. The van der Waals surface area contributed by atoms with E-state index in [1.165, 1.54) is 5.56 Å². The van der Waals surface area contributed by atoms with Crippen molar-refractivity contribution in [3.63, 3.8) is 0 Å². The molecule has 0 radical (unpaired) electrons. The zero-order chi connectivity index (χ0) is 17.7. The van der Waals surface area contributed by atoms with E-state index < -0.39 is 10.0 Å². The van der Waals surface area contributed by atoms with Crippen LogP contribution in [0.2, 0.25) is 0 Å². The molecule has 0 saturated carbocycles. The number of ether oxygens (including phenoxy) is 1. The minimum absolute atomic E-state index is 0.274. The predicted octanol–water partition coefficient (Wildman–Crippen LogP) is 4.46. The van der Waals surface area contributed by atoms with Gasteiger partial charge in [-0.05, 0) is 67.6 Å². The number of methoxy groups -OCH3 is 1. The summed E-state index contributed by atoms with van der Waals surface area (Å²) >= 11 is 0. The molecule has 2 aromatic rings. The third kappa shape index (κ3) is 4.09. The zero-order valence-electron chi connectivity index (χ0n) is 14.7. The molecule has 0 aliphatic carbocycles. The smallest absolute Gasteiger partial charge is 0.262 e. The van der Waals surface area contributed by atoms with Gasteiger partial charge in [-0.3, -0.25) is 4.72 Å². The normalized spacial score (nSPS) is 11.3. The second-order valence-corrected chi connectivity index (χ2v) is 7.57. The van der Waals surface area contributed by atoms with Crippen molar-refractivity contribution in [3.8, 4) is 5.75 Å². The van der Waals surface area contributed by atoms with Crippen LogP contribution in [0.3, 0.4) is 0 Å². The maximum Gasteiger partial charge on any atom is 0.262 e. The van der Waals surface area contributed by atoms with Gasteiger partial charge in [-0.2, -0.15) is 0 Å². The molecule has 4 nitrogen and oxygen atoms in total. The molecule has 0 amide bonds. The monoisotopic (exact) mass is 347 g/mol. The summed E-state index contributed by atoms with van der Waals surface area (Å²) in [6.07, 6.45) is 3.29. The molecule has 2 rings (SSSR count). The van der Waals surface area contributed by atoms with Crippen LogP contribution in [0, 0.1) is 13.8 Å². The maximum absolute atomic E-state index is 12.7. The number of nitrogens with one attached hydrogen (secondary N) is 1. The molecule has 1 N–H and O–H groups in total. The Morgan fingerprint density at radius 1 is 1.00 bits per heavy atom. The van der Waals surface area contributed by atoms with Gasteiger partial charge in [-0.1, -0.05) is 25.5 Å². The van der Waals surface area contributed by atoms with E-state index in [1.54, 1.807) is 26.2 Å². The Hall–Kier alpha value is -2.01. The van der Waals surface area contributed by atoms with Crippen molar-refractivity contribution in [2.75, 3.05) is 11.8 Å². The summed E-state index contributed by atoms with van der Waals surface area (Å²) in [6.45, 7) is 5.80. The first-order chi connectivity index (χ1) is 11.4. The Morgan fingerprint density at radius 3 is 2.25 bits per heavy atom. The van der Waals surface area contributed by atoms with Gasteiger partial charge in [0.25, 0.3) is 10.0 Å². The summed E-state index contributed by atoms with van der Waals surface area (Å²) in [5, 5.41) is 0. The van der Waals surface area contributed by atoms with Gasteiger partial charge < -0.3 is 4.74 Å². The SMILES string of the molecule is CCCCc1ccc(NS(=O)(=O)c2ccc(OC)c(C)c2C)cc1. The first kappa shape index (κ1) is 18.3. The number of aryl methyl sites for hydroxylation is 1. The lowest BCUT2D eigenvalue weighted by atomic mass is 10.1. The summed E-state index contributed by atoms with van der Waals surface area (Å²) in [6, 6.07) is 10.8. The third-order valence-corrected chi connectivity index (χ3v) is 5.75. The van der Waals surface area contributed by atoms with E-state index >= 15 is 0 Å². The minimum Gasteiger partial charge on any atom is -0.496 e. The summed E-state index contributed by atoms with van der Waals surface area (Å²) in [5.74, 6) is 0.687. The fraction of sp³-hybridized carbons (Fsp3) is 0.368. The van der Waals surface area contributed by atoms with Crippen molar-refractivity contribution in [1.82, 2.24) is 0 Å². The second-order valence-electron chi connectivity index (χ2n) is 5.92. The van der Waals surface area contributed by atoms with Crippen LogP contribution < -0.4 is 9.46 Å². The van der Waals surface area contributed by atoms with Crippen LogP contribution in [-0.2, 0) is 16.4 Å². The van der Waals surface area contributed by atoms with Crippen LogP contribution in [0.25, 0.3) is 0 Å². The van der Waals surface area contributed by atoms with E-state index in [0.29, 0.717) is 17.0 Å². The largest absolute Gasteiger partial charge is 0.496 e. The highest BCUT2D eigenvalue weighted by molar-refractivity contribution is 7.92. The Labute approximate surface area is 144 Å². The lowest BCUT2D eigenvalue weighted by Crippen LogP contribution is -2.15. The van der Waals surface area contributed by atoms with Gasteiger partial charge in [0.15, 0.2) is 0 Å². The molecule has 0 saturated heterocycles. The average Bonchev–Trinajstić information content (AvgIpc) is 2.56. The Balaban J connectivity index is 2.24. The molecule has 5 heteroatoms. The van der Waals surface area contributed by atoms with E-state index in [0.717, 1.165) is 24.8 Å². The molecule has 0 unspecified atom stereocenters. The first-order valence-corrected chi connectivity index (χ1v) is 9.63. The van der Waals surface area contributed by atoms with Gasteiger partial charge in [0.05, 0.1) is 12.0 Å². The van der Waals surface area contributed by atoms with E-state index in [-0.39, 0.29) is 4.90 Å². The predicted molar refractivity (Wildman–Crippen MR) is 98.3 cm³/mol. The van der Waals surface area contributed by atoms with E-state index in [9.17, 15) is 8.42 Å². The third-order valence-electron chi connectivity index (χ3n) is 4.22. The maximum atomic E-state index is 12.7. The van der Waals surface area contributed by atoms with E-state index in [1.807, 2.05) is 31.2 Å². The lowest BCUT2D eigenvalue weighted by molar-refractivity contribution is 0.411. The molecule has 0 fully saturated rings. The molecule has 0 heterocycles. The highest BCUT2D eigenvalue weighted by atomic mass is 32.2. The fourth-order valence-corrected chi connectivity index (χ4v) is 3.97. The average molecular weight is 347 g/mol. The molecular weight excluding hydrogens is 322 g/mol. The molecule has 0 aliphatic rings. The van der Waals surface area contributed by atoms with Crippen molar-refractivity contribution < 1.29 is 13.2 Å². The molecule has 0 atom stereocenters. The van der Waals surface area contributed by atoms with Crippen molar-refractivity contribution in [3.05, 3.63) is 53.1 Å². The van der Waals surface area contributed by atoms with Crippen LogP contribution in [0.5, 0.6) is 5.75 Å². The molecule has 2 aromatic carbocycles. The highest BCUT2D eigenvalue weighted by Crippen LogP contribution is 2.28. The minimum atomic E-state index is -3.63. The van der Waals surface area contributed by atoms with Crippen molar-refractivity contribution in [2.45, 2.75) is 44.9 Å². The number of benzene rings is 2. The molecule has 0 aliphatic heterocycles. The lowest BCUT2D eigenvalue weighted by Gasteiger charge is -2.14. The van der Waals surface area contributed by atoms with Crippen molar-refractivity contribution in [1.29, 1.82) is 0 Å². The Morgan fingerprint density at radius 2 is 1.67 bits per heavy atom. The van der Waals surface area contributed by atoms with Crippen LogP contribution in [0.1, 0.15) is 36.5 Å². The summed E-state index contributed by atoms with van der Waals surface area (Å²) in [4.78, 5) is 0.274. The number of sulfonamides is 1. The van der Waals surface area contributed by atoms with E-state index in [2.05, 4.69) is 11.6 Å². The zero-order valence-corrected chi connectivity index (χ0v) is 15.5. The van der Waals surface area contributed by atoms with Crippen LogP contribution in [-0.4, -0.2) is 15.5 Å². The molecular formula is C19H25NO3S. The Bertz CT molecular complexity index is 796. The standard InChI is InChI=1S/C19H25NO3S/c1-5-6-7-16-8-10-17(11-9-16)20-24(21,22)19-13-12-18(23-4)14(2)15(19)3/h8-13,20H,5-7H2,1-4H3. The summed E-state index contributed by atoms with van der Waals surface area (Å²) < 4.78 is 33.3. The van der Waals surface area contributed by atoms with Gasteiger partial charge in [-0.15, -0.1) is 0 Å². The molecule has 130 valence electrons. The van der Waals surface area contributed by atoms with Crippen LogP contribution in [0.15, 0.2) is 41.3 Å². The van der Waals surface area contributed by atoms with Gasteiger partial charge >= 0.3 is 0 Å². The van der Waals surface area contributed by atoms with Gasteiger partial charge in [-0.25, -0.2) is 8.42 Å². The molecule has 0 spiro atoms. The number of anilines is 1. The van der Waals surface area contributed by atoms with Crippen molar-refractivity contribution in [2.24, 2.45) is 0 Å². The Kier molecular flexibility index (Phi) is 5.89. The molecule has 0 aromatic heterocycles. The summed E-state index contributed by atoms with van der Waals surface area (Å²) in [7, 11) is -2.05. The second kappa shape index (κ2) is 7.71. The van der Waals surface area contributed by atoms with Crippen molar-refractivity contribution >= 4 is 15.7 Å². The number of hydrogen-bond donors (Lipinski definition) is 1. The molecule has 0 bridgehead atoms. The van der Waals surface area contributed by atoms with Crippen LogP contribution in [0.4, 0.5) is 5.69 Å². The molecule has 24 heavy (non-hydrogen) atoms.